The van der Waals surface area contributed by atoms with Crippen molar-refractivity contribution in [1.82, 2.24) is 10.0 Å². The van der Waals surface area contributed by atoms with Gasteiger partial charge in [0.25, 0.3) is 0 Å². The van der Waals surface area contributed by atoms with Gasteiger partial charge in [-0.2, -0.15) is 0 Å². The first-order valence-electron chi connectivity index (χ1n) is 3.19. The maximum absolute atomic E-state index is 10.7. The van der Waals surface area contributed by atoms with Gasteiger partial charge >= 0.3 is 0 Å². The van der Waals surface area contributed by atoms with Crippen molar-refractivity contribution in [2.24, 2.45) is 0 Å². The molecular weight excluding hydrogens is 168 g/mol. The van der Waals surface area contributed by atoms with Crippen LogP contribution in [0.15, 0.2) is 0 Å². The highest BCUT2D eigenvalue weighted by atomic mass is 32.2. The van der Waals surface area contributed by atoms with Crippen LogP contribution in [0.5, 0.6) is 0 Å². The van der Waals surface area contributed by atoms with Crippen molar-refractivity contribution in [2.45, 2.75) is 6.92 Å². The Morgan fingerprint density at radius 3 is 2.36 bits per heavy atom. The van der Waals surface area contributed by atoms with Gasteiger partial charge in [-0.3, -0.25) is 4.79 Å². The molecule has 2 N–H and O–H groups in total. The van der Waals surface area contributed by atoms with Crippen molar-refractivity contribution < 1.29 is 13.2 Å². The monoisotopic (exact) mass is 180 g/mol. The molecule has 66 valence electrons. The highest BCUT2D eigenvalue weighted by Gasteiger charge is 2.07. The van der Waals surface area contributed by atoms with E-state index in [0.29, 0.717) is 0 Å². The van der Waals surface area contributed by atoms with E-state index in [0.717, 1.165) is 0 Å². The fourth-order valence-electron chi connectivity index (χ4n) is 0.366. The maximum Gasteiger partial charge on any atom is 0.234 e. The minimum Gasteiger partial charge on any atom is -0.358 e. The van der Waals surface area contributed by atoms with E-state index in [1.54, 1.807) is 0 Å². The number of carbonyl (C=O) groups excluding carboxylic acids is 1. The Balaban J connectivity index is 3.80. The number of hydrogen-bond donors (Lipinski definition) is 2. The SMILES string of the molecule is CCS(=O)(=O)NCC(=O)NC. The molecule has 11 heavy (non-hydrogen) atoms. The number of sulfonamides is 1. The van der Waals surface area contributed by atoms with Gasteiger partial charge in [-0.15, -0.1) is 0 Å². The minimum atomic E-state index is -3.24. The Morgan fingerprint density at radius 2 is 2.00 bits per heavy atom. The van der Waals surface area contributed by atoms with E-state index in [1.807, 2.05) is 0 Å². The van der Waals surface area contributed by atoms with Crippen molar-refractivity contribution in [3.8, 4) is 0 Å². The average Bonchev–Trinajstić information content (AvgIpc) is 2.00. The van der Waals surface area contributed by atoms with E-state index >= 15 is 0 Å². The van der Waals surface area contributed by atoms with Crippen molar-refractivity contribution in [3.63, 3.8) is 0 Å². The van der Waals surface area contributed by atoms with Gasteiger partial charge in [0.1, 0.15) is 0 Å². The van der Waals surface area contributed by atoms with Crippen LogP contribution < -0.4 is 10.0 Å². The molecule has 0 aromatic heterocycles. The molecule has 0 aliphatic heterocycles. The van der Waals surface area contributed by atoms with Crippen molar-refractivity contribution >= 4 is 15.9 Å². The van der Waals surface area contributed by atoms with Crippen molar-refractivity contribution in [2.75, 3.05) is 19.3 Å². The molecule has 0 radical (unpaired) electrons. The molecule has 0 aliphatic carbocycles. The first kappa shape index (κ1) is 10.4. The molecule has 0 fully saturated rings. The molecule has 0 aromatic rings. The molecule has 0 spiro atoms. The Hall–Kier alpha value is -0.620. The molecular formula is C5H12N2O3S. The molecule has 5 nitrogen and oxygen atoms in total. The second kappa shape index (κ2) is 4.30. The van der Waals surface area contributed by atoms with Crippen LogP contribution in [0.25, 0.3) is 0 Å². The molecule has 0 heterocycles. The van der Waals surface area contributed by atoms with Gasteiger partial charge in [0.2, 0.25) is 15.9 Å². The molecule has 0 rings (SSSR count). The molecule has 1 amide bonds. The van der Waals surface area contributed by atoms with E-state index in [1.165, 1.54) is 14.0 Å². The van der Waals surface area contributed by atoms with Crippen LogP contribution in [-0.2, 0) is 14.8 Å². The average molecular weight is 180 g/mol. The third-order valence-electron chi connectivity index (χ3n) is 1.11. The van der Waals surface area contributed by atoms with Gasteiger partial charge < -0.3 is 5.32 Å². The molecule has 6 heteroatoms. The number of carbonyl (C=O) groups is 1. The number of rotatable bonds is 4. The van der Waals surface area contributed by atoms with Crippen LogP contribution in [0.3, 0.4) is 0 Å². The predicted octanol–water partition coefficient (Wildman–Crippen LogP) is -1.33. The van der Waals surface area contributed by atoms with Gasteiger partial charge in [-0.1, -0.05) is 0 Å². The standard InChI is InChI=1S/C5H12N2O3S/c1-3-11(9,10)7-4-5(8)6-2/h7H,3-4H2,1-2H3,(H,6,8). The summed E-state index contributed by atoms with van der Waals surface area (Å²) in [6.45, 7) is 1.32. The third-order valence-corrected chi connectivity index (χ3v) is 2.46. The van der Waals surface area contributed by atoms with E-state index < -0.39 is 10.0 Å². The van der Waals surface area contributed by atoms with Crippen LogP contribution in [0, 0.1) is 0 Å². The summed E-state index contributed by atoms with van der Waals surface area (Å²) in [5.74, 6) is -0.355. The Kier molecular flexibility index (Phi) is 4.06. The lowest BCUT2D eigenvalue weighted by molar-refractivity contribution is -0.119. The van der Waals surface area contributed by atoms with Gasteiger partial charge in [0.05, 0.1) is 12.3 Å². The zero-order chi connectivity index (χ0) is 8.91. The minimum absolute atomic E-state index is 0.00993. The normalized spacial score (nSPS) is 11.1. The van der Waals surface area contributed by atoms with E-state index in [9.17, 15) is 13.2 Å². The second-order valence-electron chi connectivity index (χ2n) is 1.90. The van der Waals surface area contributed by atoms with Crippen LogP contribution >= 0.6 is 0 Å². The molecule has 0 unspecified atom stereocenters. The number of nitrogens with one attached hydrogen (secondary N) is 2. The van der Waals surface area contributed by atoms with Gasteiger partial charge in [0.15, 0.2) is 0 Å². The lowest BCUT2D eigenvalue weighted by Crippen LogP contribution is -2.35. The fraction of sp³-hybridized carbons (Fsp3) is 0.800. The zero-order valence-electron chi connectivity index (χ0n) is 6.55. The summed E-state index contributed by atoms with van der Waals surface area (Å²) >= 11 is 0. The highest BCUT2D eigenvalue weighted by molar-refractivity contribution is 7.89. The largest absolute Gasteiger partial charge is 0.358 e. The molecule has 0 bridgehead atoms. The van der Waals surface area contributed by atoms with Gasteiger partial charge in [-0.05, 0) is 6.92 Å². The smallest absolute Gasteiger partial charge is 0.234 e. The summed E-state index contributed by atoms with van der Waals surface area (Å²) in [6, 6.07) is 0. The number of likely N-dealkylation sites (N-methyl/N-ethyl adjacent to an activating group) is 1. The van der Waals surface area contributed by atoms with Crippen LogP contribution in [0.1, 0.15) is 6.92 Å². The lowest BCUT2D eigenvalue weighted by Gasteiger charge is -2.01. The molecule has 0 atom stereocenters. The van der Waals surface area contributed by atoms with Crippen molar-refractivity contribution in [3.05, 3.63) is 0 Å². The first-order chi connectivity index (χ1) is 5.02. The quantitative estimate of drug-likeness (QED) is 0.563. The topological polar surface area (TPSA) is 75.3 Å². The van der Waals surface area contributed by atoms with Crippen LogP contribution in [0.4, 0.5) is 0 Å². The predicted molar refractivity (Wildman–Crippen MR) is 41.5 cm³/mol. The second-order valence-corrected chi connectivity index (χ2v) is 3.99. The summed E-state index contributed by atoms with van der Waals surface area (Å²) in [6.07, 6.45) is 0. The molecule has 0 saturated carbocycles. The summed E-state index contributed by atoms with van der Waals surface area (Å²) in [4.78, 5) is 10.5. The Labute approximate surface area is 66.2 Å². The Morgan fingerprint density at radius 1 is 1.45 bits per heavy atom. The van der Waals surface area contributed by atoms with Crippen LogP contribution in [-0.4, -0.2) is 33.7 Å². The summed E-state index contributed by atoms with van der Waals surface area (Å²) < 4.78 is 23.6. The summed E-state index contributed by atoms with van der Waals surface area (Å²) in [7, 11) is -1.79. The number of hydrogen-bond acceptors (Lipinski definition) is 3. The van der Waals surface area contributed by atoms with Gasteiger partial charge in [-0.25, -0.2) is 13.1 Å². The van der Waals surface area contributed by atoms with Crippen molar-refractivity contribution in [1.29, 1.82) is 0 Å². The molecule has 0 aliphatic rings. The van der Waals surface area contributed by atoms with Gasteiger partial charge in [0, 0.05) is 7.05 Å². The Bertz CT molecular complexity index is 222. The first-order valence-corrected chi connectivity index (χ1v) is 4.85. The third kappa shape index (κ3) is 4.74. The zero-order valence-corrected chi connectivity index (χ0v) is 7.36. The van der Waals surface area contributed by atoms with E-state index in [4.69, 9.17) is 0 Å². The highest BCUT2D eigenvalue weighted by Crippen LogP contribution is 1.79. The summed E-state index contributed by atoms with van der Waals surface area (Å²) in [5.41, 5.74) is 0. The summed E-state index contributed by atoms with van der Waals surface area (Å²) in [5, 5.41) is 2.30. The van der Waals surface area contributed by atoms with Crippen LogP contribution in [0.2, 0.25) is 0 Å². The van der Waals surface area contributed by atoms with E-state index in [2.05, 4.69) is 10.0 Å². The lowest BCUT2D eigenvalue weighted by atomic mass is 10.6. The maximum atomic E-state index is 10.7. The van der Waals surface area contributed by atoms with E-state index in [-0.39, 0.29) is 18.2 Å². The molecule has 0 aromatic carbocycles. The fourth-order valence-corrected chi connectivity index (χ4v) is 0.921. The molecule has 0 saturated heterocycles. The number of amides is 1.